The van der Waals surface area contributed by atoms with Crippen molar-refractivity contribution in [1.29, 1.82) is 0 Å². The van der Waals surface area contributed by atoms with E-state index < -0.39 is 0 Å². The first-order chi connectivity index (χ1) is 10.1. The van der Waals surface area contributed by atoms with Crippen LogP contribution in [0.1, 0.15) is 41.5 Å². The van der Waals surface area contributed by atoms with Crippen LogP contribution in [0.5, 0.6) is 0 Å². The van der Waals surface area contributed by atoms with Crippen LogP contribution in [0.15, 0.2) is 17.5 Å². The Morgan fingerprint density at radius 1 is 1.52 bits per heavy atom. The van der Waals surface area contributed by atoms with Crippen LogP contribution < -0.4 is 5.32 Å². The third-order valence-electron chi connectivity index (χ3n) is 3.46. The Labute approximate surface area is 132 Å². The van der Waals surface area contributed by atoms with Crippen molar-refractivity contribution in [3.63, 3.8) is 0 Å². The highest BCUT2D eigenvalue weighted by Crippen LogP contribution is 2.29. The van der Waals surface area contributed by atoms with Crippen LogP contribution in [-0.2, 0) is 11.3 Å². The highest BCUT2D eigenvalue weighted by atomic mass is 32.1. The summed E-state index contributed by atoms with van der Waals surface area (Å²) in [5.41, 5.74) is 0. The van der Waals surface area contributed by atoms with Gasteiger partial charge in [-0.25, -0.2) is 4.98 Å². The maximum atomic E-state index is 12.2. The molecule has 1 unspecified atom stereocenters. The van der Waals surface area contributed by atoms with Gasteiger partial charge in [0.1, 0.15) is 16.9 Å². The monoisotopic (exact) mass is 322 g/mol. The van der Waals surface area contributed by atoms with E-state index in [0.29, 0.717) is 19.0 Å². The molecule has 112 valence electrons. The Balaban J connectivity index is 1.79. The number of thiophene rings is 1. The second-order valence-electron chi connectivity index (χ2n) is 5.38. The highest BCUT2D eigenvalue weighted by Gasteiger charge is 2.32. The summed E-state index contributed by atoms with van der Waals surface area (Å²) in [4.78, 5) is 20.1. The van der Waals surface area contributed by atoms with Crippen LogP contribution >= 0.6 is 22.9 Å². The first-order valence-electron chi connectivity index (χ1n) is 7.03. The molecule has 0 bridgehead atoms. The van der Waals surface area contributed by atoms with Crippen LogP contribution in [0.3, 0.4) is 0 Å². The number of aromatic nitrogens is 2. The van der Waals surface area contributed by atoms with E-state index in [-0.39, 0.29) is 11.9 Å². The maximum Gasteiger partial charge on any atom is 0.242 e. The van der Waals surface area contributed by atoms with Crippen molar-refractivity contribution in [1.82, 2.24) is 19.6 Å². The van der Waals surface area contributed by atoms with Gasteiger partial charge in [0.2, 0.25) is 5.91 Å². The second kappa shape index (κ2) is 6.21. The van der Waals surface area contributed by atoms with Gasteiger partial charge in [0.25, 0.3) is 0 Å². The largest absolute Gasteiger partial charge is 0.353 e. The molecule has 0 saturated carbocycles. The summed E-state index contributed by atoms with van der Waals surface area (Å²) in [6, 6.07) is 3.81. The summed E-state index contributed by atoms with van der Waals surface area (Å²) in [7, 11) is 0. The van der Waals surface area contributed by atoms with E-state index >= 15 is 0 Å². The summed E-state index contributed by atoms with van der Waals surface area (Å²) < 4.78 is 4.39. The van der Waals surface area contributed by atoms with Crippen molar-refractivity contribution in [3.8, 4) is 0 Å². The van der Waals surface area contributed by atoms with Crippen LogP contribution in [0.25, 0.3) is 0 Å². The standard InChI is InChI=1S/C14H18N4OS2/c1-9(2)13-16-11(21-17-13)8-18-6-5-15-14(19)12(18)10-4-3-7-20-10/h3-4,7,9,12H,5-6,8H2,1-2H3,(H,15,19). The number of nitrogens with zero attached hydrogens (tertiary/aromatic N) is 3. The van der Waals surface area contributed by atoms with E-state index in [1.807, 2.05) is 17.5 Å². The number of rotatable bonds is 4. The van der Waals surface area contributed by atoms with E-state index in [0.717, 1.165) is 22.3 Å². The molecular weight excluding hydrogens is 304 g/mol. The molecular formula is C14H18N4OS2. The summed E-state index contributed by atoms with van der Waals surface area (Å²) >= 11 is 3.06. The molecule has 3 rings (SSSR count). The van der Waals surface area contributed by atoms with Gasteiger partial charge in [-0.2, -0.15) is 4.37 Å². The lowest BCUT2D eigenvalue weighted by atomic mass is 10.1. The summed E-state index contributed by atoms with van der Waals surface area (Å²) in [5.74, 6) is 1.31. The van der Waals surface area contributed by atoms with Crippen molar-refractivity contribution >= 4 is 28.8 Å². The molecule has 2 aromatic heterocycles. The summed E-state index contributed by atoms with van der Waals surface area (Å²) in [6.45, 7) is 6.39. The molecule has 2 aromatic rings. The van der Waals surface area contributed by atoms with Gasteiger partial charge in [-0.05, 0) is 23.0 Å². The van der Waals surface area contributed by atoms with E-state index in [1.54, 1.807) is 11.3 Å². The van der Waals surface area contributed by atoms with Gasteiger partial charge in [-0.3, -0.25) is 9.69 Å². The first-order valence-corrected chi connectivity index (χ1v) is 8.68. The fraction of sp³-hybridized carbons (Fsp3) is 0.500. The predicted octanol–water partition coefficient (Wildman–Crippen LogP) is 2.40. The Morgan fingerprint density at radius 3 is 3.05 bits per heavy atom. The third kappa shape index (κ3) is 3.14. The SMILES string of the molecule is CC(C)c1nsc(CN2CCNC(=O)C2c2cccs2)n1. The van der Waals surface area contributed by atoms with Gasteiger partial charge in [-0.15, -0.1) is 11.3 Å². The van der Waals surface area contributed by atoms with Crippen molar-refractivity contribution in [2.45, 2.75) is 32.4 Å². The Hall–Kier alpha value is -1.31. The minimum atomic E-state index is -0.204. The molecule has 3 heterocycles. The molecule has 1 fully saturated rings. The first kappa shape index (κ1) is 14.6. The van der Waals surface area contributed by atoms with Crippen LogP contribution in [-0.4, -0.2) is 33.3 Å². The lowest BCUT2D eigenvalue weighted by molar-refractivity contribution is -0.129. The summed E-state index contributed by atoms with van der Waals surface area (Å²) in [5, 5.41) is 5.95. The molecule has 0 aromatic carbocycles. The average molecular weight is 322 g/mol. The molecule has 1 saturated heterocycles. The molecule has 21 heavy (non-hydrogen) atoms. The van der Waals surface area contributed by atoms with E-state index in [1.165, 1.54) is 11.5 Å². The van der Waals surface area contributed by atoms with Gasteiger partial charge in [0.15, 0.2) is 0 Å². The molecule has 0 radical (unpaired) electrons. The fourth-order valence-corrected chi connectivity index (χ4v) is 4.05. The number of hydrogen-bond donors (Lipinski definition) is 1. The number of piperazine rings is 1. The predicted molar refractivity (Wildman–Crippen MR) is 84.5 cm³/mol. The van der Waals surface area contributed by atoms with Gasteiger partial charge >= 0.3 is 0 Å². The molecule has 1 aliphatic rings. The lowest BCUT2D eigenvalue weighted by Gasteiger charge is -2.33. The molecule has 1 atom stereocenters. The average Bonchev–Trinajstić information content (AvgIpc) is 3.10. The Bertz CT molecular complexity index is 608. The van der Waals surface area contributed by atoms with Crippen molar-refractivity contribution < 1.29 is 4.79 Å². The quantitative estimate of drug-likeness (QED) is 0.939. The molecule has 0 aliphatic carbocycles. The number of nitrogens with one attached hydrogen (secondary N) is 1. The smallest absolute Gasteiger partial charge is 0.242 e. The van der Waals surface area contributed by atoms with Crippen LogP contribution in [0, 0.1) is 0 Å². The number of carbonyl (C=O) groups excluding carboxylic acids is 1. The molecule has 0 spiro atoms. The van der Waals surface area contributed by atoms with Crippen LogP contribution in [0.2, 0.25) is 0 Å². The number of hydrogen-bond acceptors (Lipinski definition) is 6. The minimum absolute atomic E-state index is 0.0808. The fourth-order valence-electron chi connectivity index (χ4n) is 2.38. The lowest BCUT2D eigenvalue weighted by Crippen LogP contribution is -2.49. The minimum Gasteiger partial charge on any atom is -0.353 e. The van der Waals surface area contributed by atoms with Gasteiger partial charge in [0.05, 0.1) is 6.54 Å². The van der Waals surface area contributed by atoms with Crippen molar-refractivity contribution in [2.75, 3.05) is 13.1 Å². The van der Waals surface area contributed by atoms with E-state index in [4.69, 9.17) is 0 Å². The number of carbonyl (C=O) groups is 1. The number of amides is 1. The zero-order valence-electron chi connectivity index (χ0n) is 12.1. The van der Waals surface area contributed by atoms with Crippen LogP contribution in [0.4, 0.5) is 0 Å². The Morgan fingerprint density at radius 2 is 2.38 bits per heavy atom. The Kier molecular flexibility index (Phi) is 4.32. The zero-order chi connectivity index (χ0) is 14.8. The normalized spacial score (nSPS) is 20.0. The van der Waals surface area contributed by atoms with Crippen molar-refractivity contribution in [2.24, 2.45) is 0 Å². The van der Waals surface area contributed by atoms with E-state index in [9.17, 15) is 4.79 Å². The highest BCUT2D eigenvalue weighted by molar-refractivity contribution is 7.10. The van der Waals surface area contributed by atoms with Gasteiger partial charge in [-0.1, -0.05) is 19.9 Å². The molecule has 1 N–H and O–H groups in total. The maximum absolute atomic E-state index is 12.2. The molecule has 5 nitrogen and oxygen atoms in total. The molecule has 1 amide bonds. The van der Waals surface area contributed by atoms with Crippen molar-refractivity contribution in [3.05, 3.63) is 33.2 Å². The van der Waals surface area contributed by atoms with E-state index in [2.05, 4.69) is 33.4 Å². The second-order valence-corrected chi connectivity index (χ2v) is 7.20. The molecule has 1 aliphatic heterocycles. The molecule has 7 heteroatoms. The topological polar surface area (TPSA) is 58.1 Å². The zero-order valence-corrected chi connectivity index (χ0v) is 13.7. The van der Waals surface area contributed by atoms with Gasteiger partial charge < -0.3 is 5.32 Å². The third-order valence-corrected chi connectivity index (χ3v) is 5.10. The van der Waals surface area contributed by atoms with Gasteiger partial charge in [0, 0.05) is 23.9 Å². The summed E-state index contributed by atoms with van der Waals surface area (Å²) in [6.07, 6.45) is 0.